The molecule has 2 amide bonds. The van der Waals surface area contributed by atoms with Crippen molar-refractivity contribution >= 4 is 17.7 Å². The van der Waals surface area contributed by atoms with Gasteiger partial charge in [0.1, 0.15) is 12.1 Å². The molecule has 0 spiro atoms. The standard InChI is InChI=1S/C12H13N3O3/c1-8(11(16)17)15(2)12(18)14-10-6-4-3-5-9(10)7-13/h3-6,8H,1-2H3,(H,14,18)(H,16,17). The van der Waals surface area contributed by atoms with Crippen LogP contribution in [0.15, 0.2) is 24.3 Å². The van der Waals surface area contributed by atoms with Crippen molar-refractivity contribution in [1.82, 2.24) is 4.90 Å². The summed E-state index contributed by atoms with van der Waals surface area (Å²) in [5, 5.41) is 20.2. The highest BCUT2D eigenvalue weighted by atomic mass is 16.4. The minimum absolute atomic E-state index is 0.322. The minimum atomic E-state index is -1.10. The van der Waals surface area contributed by atoms with Gasteiger partial charge in [0.15, 0.2) is 0 Å². The van der Waals surface area contributed by atoms with Crippen LogP contribution < -0.4 is 5.32 Å². The van der Waals surface area contributed by atoms with Gasteiger partial charge in [0.05, 0.1) is 11.3 Å². The van der Waals surface area contributed by atoms with Crippen molar-refractivity contribution in [1.29, 1.82) is 5.26 Å². The van der Waals surface area contributed by atoms with E-state index in [0.717, 1.165) is 4.90 Å². The van der Waals surface area contributed by atoms with Crippen molar-refractivity contribution in [3.8, 4) is 6.07 Å². The molecular weight excluding hydrogens is 234 g/mol. The molecule has 94 valence electrons. The van der Waals surface area contributed by atoms with Crippen LogP contribution >= 0.6 is 0 Å². The Morgan fingerprint density at radius 1 is 1.44 bits per heavy atom. The first kappa shape index (κ1) is 13.5. The molecule has 1 aromatic rings. The molecule has 0 saturated carbocycles. The molecule has 0 radical (unpaired) electrons. The Labute approximate surface area is 104 Å². The number of benzene rings is 1. The Bertz CT molecular complexity index is 508. The third-order valence-electron chi connectivity index (χ3n) is 2.55. The van der Waals surface area contributed by atoms with Crippen molar-refractivity contribution in [2.75, 3.05) is 12.4 Å². The zero-order chi connectivity index (χ0) is 13.7. The number of amides is 2. The smallest absolute Gasteiger partial charge is 0.326 e. The lowest BCUT2D eigenvalue weighted by Crippen LogP contribution is -2.42. The fraction of sp³-hybridized carbons (Fsp3) is 0.250. The van der Waals surface area contributed by atoms with Gasteiger partial charge in [-0.1, -0.05) is 12.1 Å². The second-order valence-electron chi connectivity index (χ2n) is 3.71. The van der Waals surface area contributed by atoms with Crippen LogP contribution in [0.5, 0.6) is 0 Å². The van der Waals surface area contributed by atoms with Gasteiger partial charge in [-0.05, 0) is 19.1 Å². The van der Waals surface area contributed by atoms with E-state index in [1.165, 1.54) is 14.0 Å². The molecule has 0 aliphatic carbocycles. The van der Waals surface area contributed by atoms with Gasteiger partial charge >= 0.3 is 12.0 Å². The van der Waals surface area contributed by atoms with Crippen molar-refractivity contribution < 1.29 is 14.7 Å². The summed E-state index contributed by atoms with van der Waals surface area (Å²) in [6.45, 7) is 1.40. The number of carboxylic acids is 1. The van der Waals surface area contributed by atoms with Crippen LogP contribution in [0.1, 0.15) is 12.5 Å². The normalized spacial score (nSPS) is 11.2. The number of aliphatic carboxylic acids is 1. The third-order valence-corrected chi connectivity index (χ3v) is 2.55. The molecule has 1 rings (SSSR count). The van der Waals surface area contributed by atoms with E-state index in [1.807, 2.05) is 6.07 Å². The highest BCUT2D eigenvalue weighted by Crippen LogP contribution is 2.14. The highest BCUT2D eigenvalue weighted by molar-refractivity contribution is 5.93. The summed E-state index contributed by atoms with van der Waals surface area (Å²) in [7, 11) is 1.38. The molecule has 0 bridgehead atoms. The molecule has 18 heavy (non-hydrogen) atoms. The van der Waals surface area contributed by atoms with E-state index >= 15 is 0 Å². The fourth-order valence-electron chi connectivity index (χ4n) is 1.23. The van der Waals surface area contributed by atoms with Crippen LogP contribution in [0.2, 0.25) is 0 Å². The van der Waals surface area contributed by atoms with E-state index in [2.05, 4.69) is 5.32 Å². The fourth-order valence-corrected chi connectivity index (χ4v) is 1.23. The Hall–Kier alpha value is -2.55. The van der Waals surface area contributed by atoms with Gasteiger partial charge in [0.2, 0.25) is 0 Å². The van der Waals surface area contributed by atoms with Crippen molar-refractivity contribution in [3.05, 3.63) is 29.8 Å². The Kier molecular flexibility index (Phi) is 4.27. The minimum Gasteiger partial charge on any atom is -0.480 e. The maximum atomic E-state index is 11.8. The van der Waals surface area contributed by atoms with Crippen LogP contribution in [-0.2, 0) is 4.79 Å². The zero-order valence-electron chi connectivity index (χ0n) is 10.0. The van der Waals surface area contributed by atoms with E-state index < -0.39 is 18.0 Å². The van der Waals surface area contributed by atoms with Gasteiger partial charge in [-0.15, -0.1) is 0 Å². The van der Waals surface area contributed by atoms with E-state index in [1.54, 1.807) is 24.3 Å². The molecule has 2 N–H and O–H groups in total. The Morgan fingerprint density at radius 3 is 2.61 bits per heavy atom. The number of hydrogen-bond acceptors (Lipinski definition) is 3. The lowest BCUT2D eigenvalue weighted by molar-refractivity contribution is -0.141. The first-order valence-electron chi connectivity index (χ1n) is 5.23. The number of carboxylic acid groups (broad SMARTS) is 1. The van der Waals surface area contributed by atoms with Crippen LogP contribution in [0.3, 0.4) is 0 Å². The maximum absolute atomic E-state index is 11.8. The molecule has 0 aliphatic rings. The molecule has 0 aromatic heterocycles. The van der Waals surface area contributed by atoms with Crippen molar-refractivity contribution in [2.24, 2.45) is 0 Å². The number of carbonyl (C=O) groups excluding carboxylic acids is 1. The maximum Gasteiger partial charge on any atom is 0.326 e. The zero-order valence-corrected chi connectivity index (χ0v) is 10.0. The first-order valence-corrected chi connectivity index (χ1v) is 5.23. The molecule has 6 nitrogen and oxygen atoms in total. The number of urea groups is 1. The Morgan fingerprint density at radius 2 is 2.06 bits per heavy atom. The molecule has 0 saturated heterocycles. The van der Waals surface area contributed by atoms with E-state index in [9.17, 15) is 9.59 Å². The quantitative estimate of drug-likeness (QED) is 0.846. The number of rotatable bonds is 3. The number of nitrogens with zero attached hydrogens (tertiary/aromatic N) is 2. The number of hydrogen-bond donors (Lipinski definition) is 2. The third kappa shape index (κ3) is 2.98. The van der Waals surface area contributed by atoms with Gasteiger partial charge < -0.3 is 15.3 Å². The summed E-state index contributed by atoms with van der Waals surface area (Å²) < 4.78 is 0. The van der Waals surface area contributed by atoms with E-state index in [0.29, 0.717) is 11.3 Å². The van der Waals surface area contributed by atoms with Gasteiger partial charge in [0.25, 0.3) is 0 Å². The molecule has 0 fully saturated rings. The Balaban J connectivity index is 2.82. The highest BCUT2D eigenvalue weighted by Gasteiger charge is 2.22. The molecular formula is C12H13N3O3. The van der Waals surface area contributed by atoms with Crippen molar-refractivity contribution in [2.45, 2.75) is 13.0 Å². The summed E-state index contributed by atoms with van der Waals surface area (Å²) >= 11 is 0. The van der Waals surface area contributed by atoms with Gasteiger partial charge in [0, 0.05) is 7.05 Å². The summed E-state index contributed by atoms with van der Waals surface area (Å²) in [6.07, 6.45) is 0. The summed E-state index contributed by atoms with van der Waals surface area (Å²) in [6, 6.07) is 6.92. The summed E-state index contributed by atoms with van der Waals surface area (Å²) in [4.78, 5) is 23.6. The molecule has 0 aliphatic heterocycles. The summed E-state index contributed by atoms with van der Waals surface area (Å²) in [5.74, 6) is -1.10. The lowest BCUT2D eigenvalue weighted by Gasteiger charge is -2.22. The largest absolute Gasteiger partial charge is 0.480 e. The average molecular weight is 247 g/mol. The van der Waals surface area contributed by atoms with Crippen LogP contribution in [-0.4, -0.2) is 35.1 Å². The first-order chi connectivity index (χ1) is 8.47. The van der Waals surface area contributed by atoms with Gasteiger partial charge in [-0.2, -0.15) is 5.26 Å². The number of nitriles is 1. The van der Waals surface area contributed by atoms with Crippen LogP contribution in [0, 0.1) is 11.3 Å². The molecule has 6 heteroatoms. The number of nitrogens with one attached hydrogen (secondary N) is 1. The predicted octanol–water partition coefficient (Wildman–Crippen LogP) is 1.50. The second-order valence-corrected chi connectivity index (χ2v) is 3.71. The monoisotopic (exact) mass is 247 g/mol. The number of likely N-dealkylation sites (N-methyl/N-ethyl adjacent to an activating group) is 1. The second kappa shape index (κ2) is 5.68. The van der Waals surface area contributed by atoms with Gasteiger partial charge in [-0.25, -0.2) is 9.59 Å². The SMILES string of the molecule is CC(C(=O)O)N(C)C(=O)Nc1ccccc1C#N. The predicted molar refractivity (Wildman–Crippen MR) is 65.0 cm³/mol. The molecule has 1 unspecified atom stereocenters. The molecule has 0 heterocycles. The molecule has 1 atom stereocenters. The number of para-hydroxylation sites is 1. The van der Waals surface area contributed by atoms with Gasteiger partial charge in [-0.3, -0.25) is 0 Å². The lowest BCUT2D eigenvalue weighted by atomic mass is 10.2. The topological polar surface area (TPSA) is 93.4 Å². The average Bonchev–Trinajstić information content (AvgIpc) is 2.37. The molecule has 1 aromatic carbocycles. The number of carbonyl (C=O) groups is 2. The van der Waals surface area contributed by atoms with Crippen LogP contribution in [0.25, 0.3) is 0 Å². The summed E-state index contributed by atoms with van der Waals surface area (Å²) in [5.41, 5.74) is 0.677. The van der Waals surface area contributed by atoms with E-state index in [-0.39, 0.29) is 0 Å². The van der Waals surface area contributed by atoms with E-state index in [4.69, 9.17) is 10.4 Å². The van der Waals surface area contributed by atoms with Crippen LogP contribution in [0.4, 0.5) is 10.5 Å². The number of anilines is 1. The van der Waals surface area contributed by atoms with Crippen molar-refractivity contribution in [3.63, 3.8) is 0 Å².